The fraction of sp³-hybridized carbons (Fsp3) is 0.250. The van der Waals surface area contributed by atoms with E-state index in [0.717, 1.165) is 33.3 Å². The normalized spacial score (nSPS) is 18.9. The minimum Gasteiger partial charge on any atom is -0.383 e. The summed E-state index contributed by atoms with van der Waals surface area (Å²) in [5.41, 5.74) is 16.6. The molecule has 24 nitrogen and oxygen atoms in total. The number of hydrogen-bond acceptors (Lipinski definition) is 18. The summed E-state index contributed by atoms with van der Waals surface area (Å²) in [7, 11) is 0. The van der Waals surface area contributed by atoms with Crippen LogP contribution in [0, 0.1) is 13.8 Å². The highest BCUT2D eigenvalue weighted by atomic mass is 16.3. The number of anilines is 8. The van der Waals surface area contributed by atoms with Crippen molar-refractivity contribution in [2.24, 2.45) is 0 Å². The van der Waals surface area contributed by atoms with E-state index in [0.29, 0.717) is 106 Å². The van der Waals surface area contributed by atoms with Crippen LogP contribution in [-0.2, 0) is 56.3 Å². The quantitative estimate of drug-likeness (QED) is 0.114. The Bertz CT molecular complexity index is 3420. The van der Waals surface area contributed by atoms with Gasteiger partial charge in [-0.1, -0.05) is 0 Å². The standard InChI is InChI=1S/2C24H23N9O3/c2*1-11-14(8-28-21-20(11)31-23(35)24(21,2)36)16-5-12-6-17(27-9-15(12)22(25)29-16)30-18-7-13-3-4-26-19(34)10-33(13)32-18/h2*5-9,36H,3-4,10H2,1-2H3,(H2,25,29)(H,26,34)(H,31,35)(H,27,30,32)/t2*24-/m10/s1. The molecule has 4 aliphatic rings. The van der Waals surface area contributed by atoms with Gasteiger partial charge in [0.05, 0.1) is 22.8 Å². The smallest absolute Gasteiger partial charge is 0.262 e. The molecule has 0 unspecified atom stereocenters. The lowest BCUT2D eigenvalue weighted by molar-refractivity contribution is -0.132. The first-order valence-corrected chi connectivity index (χ1v) is 22.8. The van der Waals surface area contributed by atoms with Crippen LogP contribution in [-0.4, -0.2) is 96.4 Å². The van der Waals surface area contributed by atoms with E-state index >= 15 is 0 Å². The number of amides is 4. The molecular weight excluding hydrogens is 925 g/mol. The van der Waals surface area contributed by atoms with Crippen molar-refractivity contribution in [1.29, 1.82) is 0 Å². The summed E-state index contributed by atoms with van der Waals surface area (Å²) >= 11 is 0. The van der Waals surface area contributed by atoms with Crippen LogP contribution in [0.5, 0.6) is 0 Å². The van der Waals surface area contributed by atoms with Crippen molar-refractivity contribution in [1.82, 2.24) is 60.1 Å². The number of nitrogen functional groups attached to an aromatic ring is 2. The van der Waals surface area contributed by atoms with Crippen molar-refractivity contribution in [3.8, 4) is 22.5 Å². The Morgan fingerprint density at radius 2 is 1.00 bits per heavy atom. The highest BCUT2D eigenvalue weighted by molar-refractivity contribution is 6.07. The second-order valence-electron chi connectivity index (χ2n) is 18.3. The van der Waals surface area contributed by atoms with Crippen molar-refractivity contribution >= 4 is 91.5 Å². The zero-order valence-electron chi connectivity index (χ0n) is 39.2. The number of fused-ring (bicyclic) bond motifs is 6. The lowest BCUT2D eigenvalue weighted by Gasteiger charge is -2.14. The number of carbonyl (C=O) groups is 4. The Morgan fingerprint density at radius 1 is 0.583 bits per heavy atom. The van der Waals surface area contributed by atoms with Crippen LogP contribution in [0.2, 0.25) is 0 Å². The van der Waals surface area contributed by atoms with Gasteiger partial charge in [-0.2, -0.15) is 10.2 Å². The van der Waals surface area contributed by atoms with E-state index < -0.39 is 23.0 Å². The number of carbonyl (C=O) groups excluding carboxylic acids is 4. The molecule has 0 fully saturated rings. The van der Waals surface area contributed by atoms with E-state index in [-0.39, 0.29) is 36.3 Å². The van der Waals surface area contributed by atoms with Crippen LogP contribution in [0.25, 0.3) is 44.1 Å². The number of nitrogens with two attached hydrogens (primary N) is 2. The second-order valence-corrected chi connectivity index (χ2v) is 18.3. The molecule has 2 atom stereocenters. The first kappa shape index (κ1) is 45.3. The average Bonchev–Trinajstić information content (AvgIpc) is 3.95. The molecule has 0 bridgehead atoms. The lowest BCUT2D eigenvalue weighted by Crippen LogP contribution is -2.30. The van der Waals surface area contributed by atoms with Crippen LogP contribution in [0.3, 0.4) is 0 Å². The van der Waals surface area contributed by atoms with Gasteiger partial charge in [0.2, 0.25) is 11.8 Å². The van der Waals surface area contributed by atoms with Gasteiger partial charge in [-0.15, -0.1) is 0 Å². The number of nitrogens with zero attached hydrogens (tertiary/aromatic N) is 10. The van der Waals surface area contributed by atoms with E-state index in [1.807, 2.05) is 50.2 Å². The third-order valence-corrected chi connectivity index (χ3v) is 13.2. The van der Waals surface area contributed by atoms with E-state index in [9.17, 15) is 29.4 Å². The third-order valence-electron chi connectivity index (χ3n) is 13.2. The Labute approximate surface area is 408 Å². The van der Waals surface area contributed by atoms with Gasteiger partial charge in [0.1, 0.15) is 47.7 Å². The summed E-state index contributed by atoms with van der Waals surface area (Å²) < 4.78 is 3.37. The minimum atomic E-state index is -1.68. The number of rotatable bonds is 6. The van der Waals surface area contributed by atoms with Crippen LogP contribution in [0.15, 0.2) is 61.2 Å². The summed E-state index contributed by atoms with van der Waals surface area (Å²) in [5.74, 6) is 1.74. The molecule has 0 saturated carbocycles. The van der Waals surface area contributed by atoms with Crippen molar-refractivity contribution in [2.45, 2.75) is 64.8 Å². The summed E-state index contributed by atoms with van der Waals surface area (Å²) in [5, 5.41) is 50.4. The maximum absolute atomic E-state index is 12.2. The fourth-order valence-corrected chi connectivity index (χ4v) is 9.23. The number of nitrogens with one attached hydrogen (secondary N) is 6. The van der Waals surface area contributed by atoms with Gasteiger partial charge in [0.25, 0.3) is 11.8 Å². The van der Waals surface area contributed by atoms with Crippen molar-refractivity contribution in [3.63, 3.8) is 0 Å². The Balaban J connectivity index is 0.000000156. The first-order valence-electron chi connectivity index (χ1n) is 22.8. The van der Waals surface area contributed by atoms with Gasteiger partial charge >= 0.3 is 0 Å². The molecular formula is C48H46N18O6. The topological polar surface area (TPSA) is 346 Å². The lowest BCUT2D eigenvalue weighted by atomic mass is 9.98. The van der Waals surface area contributed by atoms with Crippen molar-refractivity contribution < 1.29 is 29.4 Å². The summed E-state index contributed by atoms with van der Waals surface area (Å²) in [6.45, 7) is 8.01. The number of aromatic nitrogens is 10. The van der Waals surface area contributed by atoms with Crippen LogP contribution in [0.1, 0.15) is 47.8 Å². The highest BCUT2D eigenvalue weighted by Crippen LogP contribution is 2.42. The molecule has 12 rings (SSSR count). The highest BCUT2D eigenvalue weighted by Gasteiger charge is 2.45. The molecule has 12 N–H and O–H groups in total. The molecule has 24 heteroatoms. The largest absolute Gasteiger partial charge is 0.383 e. The molecule has 12 heterocycles. The Morgan fingerprint density at radius 3 is 1.42 bits per heavy atom. The first-order chi connectivity index (χ1) is 34.4. The van der Waals surface area contributed by atoms with Gasteiger partial charge < -0.3 is 53.6 Å². The van der Waals surface area contributed by atoms with Gasteiger partial charge in [-0.3, -0.25) is 38.5 Å². The molecule has 72 heavy (non-hydrogen) atoms. The van der Waals surface area contributed by atoms with E-state index in [4.69, 9.17) is 11.5 Å². The Hall–Kier alpha value is -9.16. The molecule has 0 spiro atoms. The number of aliphatic hydroxyl groups is 2. The molecule has 8 aromatic heterocycles. The second kappa shape index (κ2) is 16.8. The van der Waals surface area contributed by atoms with Crippen LogP contribution in [0.4, 0.5) is 46.3 Å². The Kier molecular flexibility index (Phi) is 10.5. The third kappa shape index (κ3) is 7.83. The minimum absolute atomic E-state index is 0.0674. The molecule has 4 aliphatic heterocycles. The van der Waals surface area contributed by atoms with E-state index in [2.05, 4.69) is 72.0 Å². The van der Waals surface area contributed by atoms with E-state index in [1.54, 1.807) is 34.2 Å². The van der Waals surface area contributed by atoms with E-state index in [1.165, 1.54) is 13.8 Å². The maximum atomic E-state index is 12.2. The van der Waals surface area contributed by atoms with Gasteiger partial charge in [-0.25, -0.2) is 19.9 Å². The molecule has 0 aromatic carbocycles. The predicted molar refractivity (Wildman–Crippen MR) is 265 cm³/mol. The van der Waals surface area contributed by atoms with Gasteiger partial charge in [0, 0.05) is 96.1 Å². The maximum Gasteiger partial charge on any atom is 0.262 e. The predicted octanol–water partition coefficient (Wildman–Crippen LogP) is 2.71. The van der Waals surface area contributed by atoms with Crippen LogP contribution < -0.4 is 43.4 Å². The SMILES string of the molecule is Cc1c(-c2cc3cc(Nc4cc5n(n4)CC(=O)NCC5)ncc3c(N)n2)cnc2c1NC(=O)[C@@]2(C)O.Cc1c(-c2cc3cc(Nc4cc5n(n4)CC(=O)NCC5)ncc3c(N)n2)cnc2c1NC(=O)[C@]2(C)O. The molecule has 364 valence electrons. The van der Waals surface area contributed by atoms with Crippen molar-refractivity contribution in [2.75, 3.05) is 45.8 Å². The number of pyridine rings is 6. The molecule has 8 aromatic rings. The molecule has 0 aliphatic carbocycles. The zero-order valence-corrected chi connectivity index (χ0v) is 39.2. The molecule has 0 radical (unpaired) electrons. The van der Waals surface area contributed by atoms with Crippen LogP contribution >= 0.6 is 0 Å². The molecule has 0 saturated heterocycles. The fourth-order valence-electron chi connectivity index (χ4n) is 9.23. The average molecular weight is 971 g/mol. The summed E-state index contributed by atoms with van der Waals surface area (Å²) in [6, 6.07) is 11.2. The summed E-state index contributed by atoms with van der Waals surface area (Å²) in [6.07, 6.45) is 7.85. The van der Waals surface area contributed by atoms with Crippen molar-refractivity contribution in [3.05, 3.63) is 95.1 Å². The van der Waals surface area contributed by atoms with Gasteiger partial charge in [-0.05, 0) is 73.9 Å². The summed E-state index contributed by atoms with van der Waals surface area (Å²) in [4.78, 5) is 74.7. The van der Waals surface area contributed by atoms with Gasteiger partial charge in [0.15, 0.2) is 22.8 Å². The zero-order chi connectivity index (χ0) is 50.4. The monoisotopic (exact) mass is 970 g/mol. The molecule has 4 amide bonds. The number of hydrogen-bond donors (Lipinski definition) is 10.